The molecule has 0 bridgehead atoms. The zero-order valence-corrected chi connectivity index (χ0v) is 10.6. The van der Waals surface area contributed by atoms with Crippen molar-refractivity contribution < 1.29 is 14.6 Å². The molecule has 0 spiro atoms. The molecule has 17 heavy (non-hydrogen) atoms. The number of benzene rings is 1. The first kappa shape index (κ1) is 13.6. The third-order valence-corrected chi connectivity index (χ3v) is 2.59. The Morgan fingerprint density at radius 3 is 2.53 bits per heavy atom. The molecule has 1 rings (SSSR count). The van der Waals surface area contributed by atoms with Gasteiger partial charge in [-0.25, -0.2) is 0 Å². The maximum Gasteiger partial charge on any atom is 0.313 e. The van der Waals surface area contributed by atoms with E-state index in [2.05, 4.69) is 0 Å². The van der Waals surface area contributed by atoms with Crippen molar-refractivity contribution in [3.63, 3.8) is 0 Å². The highest BCUT2D eigenvalue weighted by Gasteiger charge is 2.25. The van der Waals surface area contributed by atoms with E-state index < -0.39 is 0 Å². The SMILES string of the molecule is CCOC(=O)C(CC(C)C)c1ccccc1O. The highest BCUT2D eigenvalue weighted by molar-refractivity contribution is 5.79. The molecule has 0 aliphatic rings. The van der Waals surface area contributed by atoms with E-state index in [0.29, 0.717) is 24.5 Å². The van der Waals surface area contributed by atoms with Gasteiger partial charge in [0.25, 0.3) is 0 Å². The van der Waals surface area contributed by atoms with E-state index in [1.807, 2.05) is 19.9 Å². The Hall–Kier alpha value is -1.51. The van der Waals surface area contributed by atoms with Crippen molar-refractivity contribution in [2.45, 2.75) is 33.1 Å². The highest BCUT2D eigenvalue weighted by Crippen LogP contribution is 2.31. The van der Waals surface area contributed by atoms with Crippen molar-refractivity contribution in [2.75, 3.05) is 6.61 Å². The van der Waals surface area contributed by atoms with Gasteiger partial charge >= 0.3 is 5.97 Å². The van der Waals surface area contributed by atoms with Crippen molar-refractivity contribution in [1.29, 1.82) is 0 Å². The highest BCUT2D eigenvalue weighted by atomic mass is 16.5. The van der Waals surface area contributed by atoms with E-state index >= 15 is 0 Å². The molecule has 0 heterocycles. The number of hydrogen-bond donors (Lipinski definition) is 1. The van der Waals surface area contributed by atoms with Gasteiger partial charge in [0, 0.05) is 5.56 Å². The Labute approximate surface area is 102 Å². The van der Waals surface area contributed by atoms with E-state index in [1.165, 1.54) is 0 Å². The monoisotopic (exact) mass is 236 g/mol. The Kier molecular flexibility index (Phi) is 5.01. The quantitative estimate of drug-likeness (QED) is 0.799. The first-order valence-corrected chi connectivity index (χ1v) is 6.00. The number of phenolic OH excluding ortho intramolecular Hbond substituents is 1. The minimum absolute atomic E-state index is 0.159. The fourth-order valence-corrected chi connectivity index (χ4v) is 1.85. The molecule has 0 aromatic heterocycles. The number of aromatic hydroxyl groups is 1. The van der Waals surface area contributed by atoms with Gasteiger partial charge in [0.1, 0.15) is 5.75 Å². The molecule has 0 aliphatic heterocycles. The number of phenols is 1. The summed E-state index contributed by atoms with van der Waals surface area (Å²) in [4.78, 5) is 11.9. The Morgan fingerprint density at radius 1 is 1.35 bits per heavy atom. The van der Waals surface area contributed by atoms with Gasteiger partial charge in [-0.2, -0.15) is 0 Å². The van der Waals surface area contributed by atoms with Gasteiger partial charge in [-0.1, -0.05) is 32.0 Å². The van der Waals surface area contributed by atoms with Crippen LogP contribution in [0.15, 0.2) is 24.3 Å². The van der Waals surface area contributed by atoms with Crippen LogP contribution >= 0.6 is 0 Å². The summed E-state index contributed by atoms with van der Waals surface area (Å²) in [5.74, 6) is -0.117. The molecule has 1 unspecified atom stereocenters. The molecule has 1 N–H and O–H groups in total. The lowest BCUT2D eigenvalue weighted by Crippen LogP contribution is -2.18. The number of hydrogen-bond acceptors (Lipinski definition) is 3. The van der Waals surface area contributed by atoms with Gasteiger partial charge in [-0.15, -0.1) is 0 Å². The van der Waals surface area contributed by atoms with E-state index in [4.69, 9.17) is 4.74 Å². The van der Waals surface area contributed by atoms with Gasteiger partial charge in [0.05, 0.1) is 12.5 Å². The van der Waals surface area contributed by atoms with Crippen molar-refractivity contribution in [2.24, 2.45) is 5.92 Å². The van der Waals surface area contributed by atoms with E-state index in [0.717, 1.165) is 0 Å². The topological polar surface area (TPSA) is 46.5 Å². The van der Waals surface area contributed by atoms with Crippen molar-refractivity contribution >= 4 is 5.97 Å². The standard InChI is InChI=1S/C14H20O3/c1-4-17-14(16)12(9-10(2)3)11-7-5-6-8-13(11)15/h5-8,10,12,15H,4,9H2,1-3H3. The predicted octanol–water partition coefficient (Wildman–Crippen LogP) is 3.09. The van der Waals surface area contributed by atoms with Gasteiger partial charge < -0.3 is 9.84 Å². The lowest BCUT2D eigenvalue weighted by Gasteiger charge is -2.18. The number of ether oxygens (including phenoxy) is 1. The molecule has 0 saturated heterocycles. The summed E-state index contributed by atoms with van der Waals surface area (Å²) in [6, 6.07) is 6.94. The van der Waals surface area contributed by atoms with E-state index in [1.54, 1.807) is 25.1 Å². The maximum atomic E-state index is 11.9. The molecule has 0 fully saturated rings. The summed E-state index contributed by atoms with van der Waals surface area (Å²) in [6.07, 6.45) is 0.677. The van der Waals surface area contributed by atoms with Crippen LogP contribution in [0, 0.1) is 5.92 Å². The van der Waals surface area contributed by atoms with Crippen LogP contribution in [0.25, 0.3) is 0 Å². The van der Waals surface area contributed by atoms with Crippen molar-refractivity contribution in [1.82, 2.24) is 0 Å². The number of carbonyl (C=O) groups excluding carboxylic acids is 1. The van der Waals surface area contributed by atoms with Gasteiger partial charge in [0.2, 0.25) is 0 Å². The van der Waals surface area contributed by atoms with Crippen LogP contribution in [-0.2, 0) is 9.53 Å². The summed E-state index contributed by atoms with van der Waals surface area (Å²) in [6.45, 7) is 6.24. The molecular weight excluding hydrogens is 216 g/mol. The molecule has 1 atom stereocenters. The van der Waals surface area contributed by atoms with Gasteiger partial charge in [-0.05, 0) is 25.3 Å². The van der Waals surface area contributed by atoms with Crippen LogP contribution in [0.5, 0.6) is 5.75 Å². The summed E-state index contributed by atoms with van der Waals surface area (Å²) in [5, 5.41) is 9.80. The maximum absolute atomic E-state index is 11.9. The molecule has 3 heteroatoms. The van der Waals surface area contributed by atoms with Crippen molar-refractivity contribution in [3.8, 4) is 5.75 Å². The largest absolute Gasteiger partial charge is 0.508 e. The minimum atomic E-state index is -0.379. The van der Waals surface area contributed by atoms with Crippen LogP contribution in [0.2, 0.25) is 0 Å². The average Bonchev–Trinajstić information content (AvgIpc) is 2.27. The zero-order chi connectivity index (χ0) is 12.8. The van der Waals surface area contributed by atoms with Crippen LogP contribution in [-0.4, -0.2) is 17.7 Å². The second kappa shape index (κ2) is 6.28. The van der Waals surface area contributed by atoms with Crippen LogP contribution < -0.4 is 0 Å². The van der Waals surface area contributed by atoms with Crippen LogP contribution in [0.1, 0.15) is 38.7 Å². The molecule has 1 aromatic rings. The third-order valence-electron chi connectivity index (χ3n) is 2.59. The Balaban J connectivity index is 2.97. The molecule has 94 valence electrons. The molecular formula is C14H20O3. The number of para-hydroxylation sites is 1. The van der Waals surface area contributed by atoms with Crippen LogP contribution in [0.4, 0.5) is 0 Å². The molecule has 3 nitrogen and oxygen atoms in total. The number of esters is 1. The lowest BCUT2D eigenvalue weighted by atomic mass is 9.90. The molecule has 0 saturated carbocycles. The second-order valence-corrected chi connectivity index (χ2v) is 4.49. The summed E-state index contributed by atoms with van der Waals surface area (Å²) < 4.78 is 5.06. The molecule has 0 amide bonds. The number of rotatable bonds is 5. The minimum Gasteiger partial charge on any atom is -0.508 e. The predicted molar refractivity (Wildman–Crippen MR) is 66.9 cm³/mol. The Morgan fingerprint density at radius 2 is 2.00 bits per heavy atom. The fraction of sp³-hybridized carbons (Fsp3) is 0.500. The van der Waals surface area contributed by atoms with Crippen molar-refractivity contribution in [3.05, 3.63) is 29.8 Å². The van der Waals surface area contributed by atoms with Gasteiger partial charge in [-0.3, -0.25) is 4.79 Å². The molecule has 0 radical (unpaired) electrons. The fourth-order valence-electron chi connectivity index (χ4n) is 1.85. The van der Waals surface area contributed by atoms with Gasteiger partial charge in [0.15, 0.2) is 0 Å². The first-order chi connectivity index (χ1) is 8.06. The molecule has 1 aromatic carbocycles. The normalized spacial score (nSPS) is 12.5. The third kappa shape index (κ3) is 3.77. The lowest BCUT2D eigenvalue weighted by molar-refractivity contribution is -0.145. The second-order valence-electron chi connectivity index (χ2n) is 4.49. The zero-order valence-electron chi connectivity index (χ0n) is 10.6. The smallest absolute Gasteiger partial charge is 0.313 e. The van der Waals surface area contributed by atoms with E-state index in [9.17, 15) is 9.90 Å². The van der Waals surface area contributed by atoms with E-state index in [-0.39, 0.29) is 17.6 Å². The Bertz CT molecular complexity index is 371. The summed E-state index contributed by atoms with van der Waals surface area (Å²) in [7, 11) is 0. The average molecular weight is 236 g/mol. The first-order valence-electron chi connectivity index (χ1n) is 6.00. The molecule has 0 aliphatic carbocycles. The summed E-state index contributed by atoms with van der Waals surface area (Å²) >= 11 is 0. The summed E-state index contributed by atoms with van der Waals surface area (Å²) in [5.41, 5.74) is 0.652. The van der Waals surface area contributed by atoms with Crippen LogP contribution in [0.3, 0.4) is 0 Å². The number of carbonyl (C=O) groups is 1.